The van der Waals surface area contributed by atoms with Crippen LogP contribution in [0, 0.1) is 0 Å². The number of hydrogen-bond donors (Lipinski definition) is 1. The first-order valence-electron chi connectivity index (χ1n) is 5.67. The molecule has 2 N–H and O–H groups in total. The Balaban J connectivity index is 2.44. The lowest BCUT2D eigenvalue weighted by molar-refractivity contribution is 0.0848. The maximum Gasteiger partial charge on any atom is 0.119 e. The summed E-state index contributed by atoms with van der Waals surface area (Å²) in [6, 6.07) is 0. The third kappa shape index (κ3) is 5.22. The number of hydrogen-bond acceptors (Lipinski definition) is 3. The summed E-state index contributed by atoms with van der Waals surface area (Å²) < 4.78 is 11.1. The quantitative estimate of drug-likeness (QED) is 0.566. The van der Waals surface area contributed by atoms with Gasteiger partial charge in [0.15, 0.2) is 0 Å². The predicted octanol–water partition coefficient (Wildman–Crippen LogP) is 2.79. The maximum atomic E-state index is 5.59. The summed E-state index contributed by atoms with van der Waals surface area (Å²) in [5.41, 5.74) is 5.21. The van der Waals surface area contributed by atoms with E-state index in [1.54, 1.807) is 18.2 Å². The molecular formula is C14H19NO2. The van der Waals surface area contributed by atoms with Crippen LogP contribution in [0.4, 0.5) is 0 Å². The number of nitrogens with two attached hydrogens (primary N) is 1. The molecule has 1 aliphatic carbocycles. The molecule has 0 amide bonds. The van der Waals surface area contributed by atoms with E-state index in [2.05, 4.69) is 6.58 Å². The van der Waals surface area contributed by atoms with Gasteiger partial charge in [-0.05, 0) is 31.4 Å². The predicted molar refractivity (Wildman–Crippen MR) is 69.9 cm³/mol. The molecule has 0 spiro atoms. The summed E-state index contributed by atoms with van der Waals surface area (Å²) in [5, 5.41) is 0. The second-order valence-corrected chi connectivity index (χ2v) is 3.53. The van der Waals surface area contributed by atoms with Gasteiger partial charge in [0.05, 0.1) is 6.10 Å². The molecule has 0 aromatic carbocycles. The molecule has 0 aliphatic heterocycles. The van der Waals surface area contributed by atoms with E-state index < -0.39 is 0 Å². The molecule has 0 aromatic rings. The fourth-order valence-electron chi connectivity index (χ4n) is 1.45. The van der Waals surface area contributed by atoms with Gasteiger partial charge >= 0.3 is 0 Å². The first kappa shape index (κ1) is 13.3. The molecule has 0 radical (unpaired) electrons. The first-order chi connectivity index (χ1) is 8.26. The largest absolute Gasteiger partial charge is 0.462 e. The molecule has 92 valence electrons. The van der Waals surface area contributed by atoms with Gasteiger partial charge in [-0.2, -0.15) is 0 Å². The number of ether oxygens (including phenoxy) is 2. The third-order valence-corrected chi connectivity index (χ3v) is 2.16. The maximum absolute atomic E-state index is 5.59. The van der Waals surface area contributed by atoms with Crippen molar-refractivity contribution in [3.8, 4) is 0 Å². The van der Waals surface area contributed by atoms with Gasteiger partial charge in [0, 0.05) is 13.0 Å². The standard InChI is InChI=1S/C14H19NO2/c1-3-16-13-8-6-9-14(11-13)17-12(2)7-4-5-10-15/h4-10,13H,2-3,11,15H2,1H3/b7-4-,10-5-. The summed E-state index contributed by atoms with van der Waals surface area (Å²) in [5.74, 6) is 1.44. The average molecular weight is 233 g/mol. The van der Waals surface area contributed by atoms with Crippen LogP contribution in [0.5, 0.6) is 0 Å². The summed E-state index contributed by atoms with van der Waals surface area (Å²) >= 11 is 0. The highest BCUT2D eigenvalue weighted by Crippen LogP contribution is 2.19. The Morgan fingerprint density at radius 1 is 1.59 bits per heavy atom. The molecule has 1 rings (SSSR count). The van der Waals surface area contributed by atoms with Crippen LogP contribution >= 0.6 is 0 Å². The van der Waals surface area contributed by atoms with Gasteiger partial charge in [0.2, 0.25) is 0 Å². The molecular weight excluding hydrogens is 214 g/mol. The Morgan fingerprint density at radius 2 is 2.41 bits per heavy atom. The Morgan fingerprint density at radius 3 is 3.12 bits per heavy atom. The molecule has 0 heterocycles. The van der Waals surface area contributed by atoms with Crippen molar-refractivity contribution in [2.24, 2.45) is 5.73 Å². The van der Waals surface area contributed by atoms with E-state index in [1.807, 2.05) is 25.2 Å². The minimum Gasteiger partial charge on any atom is -0.462 e. The highest BCUT2D eigenvalue weighted by atomic mass is 16.5. The Bertz CT molecular complexity index is 364. The average Bonchev–Trinajstić information content (AvgIpc) is 2.30. The SMILES string of the molecule is C=C(/C=C\C=C/N)OC1=CC=CC(OCC)C1. The normalized spacial score (nSPS) is 19.8. The minimum absolute atomic E-state index is 0.0979. The van der Waals surface area contributed by atoms with Crippen LogP contribution in [0.25, 0.3) is 0 Å². The van der Waals surface area contributed by atoms with Gasteiger partial charge in [-0.1, -0.05) is 24.8 Å². The highest BCUT2D eigenvalue weighted by Gasteiger charge is 2.12. The van der Waals surface area contributed by atoms with Crippen LogP contribution in [0.2, 0.25) is 0 Å². The molecule has 1 atom stereocenters. The van der Waals surface area contributed by atoms with Crippen LogP contribution in [-0.4, -0.2) is 12.7 Å². The number of allylic oxidation sites excluding steroid dienone is 5. The second kappa shape index (κ2) is 7.52. The van der Waals surface area contributed by atoms with Crippen molar-refractivity contribution >= 4 is 0 Å². The zero-order valence-electron chi connectivity index (χ0n) is 10.1. The molecule has 0 bridgehead atoms. The molecule has 0 fully saturated rings. The van der Waals surface area contributed by atoms with Gasteiger partial charge in [0.1, 0.15) is 11.5 Å². The molecule has 0 saturated carbocycles. The van der Waals surface area contributed by atoms with E-state index in [0.717, 1.165) is 12.2 Å². The summed E-state index contributed by atoms with van der Waals surface area (Å²) in [4.78, 5) is 0. The minimum atomic E-state index is 0.0979. The number of rotatable bonds is 6. The van der Waals surface area contributed by atoms with Gasteiger partial charge in [-0.15, -0.1) is 0 Å². The Hall–Kier alpha value is -1.74. The van der Waals surface area contributed by atoms with Gasteiger partial charge in [-0.25, -0.2) is 0 Å². The highest BCUT2D eigenvalue weighted by molar-refractivity contribution is 5.21. The third-order valence-electron chi connectivity index (χ3n) is 2.16. The van der Waals surface area contributed by atoms with E-state index in [1.165, 1.54) is 6.20 Å². The summed E-state index contributed by atoms with van der Waals surface area (Å²) in [7, 11) is 0. The van der Waals surface area contributed by atoms with Gasteiger partial charge < -0.3 is 15.2 Å². The van der Waals surface area contributed by atoms with E-state index >= 15 is 0 Å². The molecule has 1 aliphatic rings. The van der Waals surface area contributed by atoms with Crippen LogP contribution < -0.4 is 5.73 Å². The molecule has 0 aromatic heterocycles. The lowest BCUT2D eigenvalue weighted by Crippen LogP contribution is -2.13. The van der Waals surface area contributed by atoms with Crippen molar-refractivity contribution in [1.29, 1.82) is 0 Å². The van der Waals surface area contributed by atoms with E-state index in [9.17, 15) is 0 Å². The van der Waals surface area contributed by atoms with Crippen LogP contribution in [0.3, 0.4) is 0 Å². The molecule has 0 saturated heterocycles. The summed E-state index contributed by atoms with van der Waals surface area (Å²) in [6.07, 6.45) is 13.4. The molecule has 3 nitrogen and oxygen atoms in total. The topological polar surface area (TPSA) is 44.5 Å². The van der Waals surface area contributed by atoms with Crippen molar-refractivity contribution < 1.29 is 9.47 Å². The van der Waals surface area contributed by atoms with Crippen LogP contribution in [-0.2, 0) is 9.47 Å². The van der Waals surface area contributed by atoms with Crippen LogP contribution in [0.1, 0.15) is 13.3 Å². The van der Waals surface area contributed by atoms with Crippen molar-refractivity contribution in [2.75, 3.05) is 6.61 Å². The van der Waals surface area contributed by atoms with E-state index in [4.69, 9.17) is 15.2 Å². The van der Waals surface area contributed by atoms with Crippen molar-refractivity contribution in [3.63, 3.8) is 0 Å². The second-order valence-electron chi connectivity index (χ2n) is 3.53. The lowest BCUT2D eigenvalue weighted by atomic mass is 10.1. The Labute approximate surface area is 103 Å². The lowest BCUT2D eigenvalue weighted by Gasteiger charge is -2.18. The summed E-state index contributed by atoms with van der Waals surface area (Å²) in [6.45, 7) is 6.48. The van der Waals surface area contributed by atoms with Crippen molar-refractivity contribution in [2.45, 2.75) is 19.4 Å². The fourth-order valence-corrected chi connectivity index (χ4v) is 1.45. The first-order valence-corrected chi connectivity index (χ1v) is 5.67. The van der Waals surface area contributed by atoms with Crippen molar-refractivity contribution in [3.05, 3.63) is 60.8 Å². The van der Waals surface area contributed by atoms with E-state index in [0.29, 0.717) is 12.4 Å². The smallest absolute Gasteiger partial charge is 0.119 e. The Kier molecular flexibility index (Phi) is 5.89. The monoisotopic (exact) mass is 233 g/mol. The molecule has 3 heteroatoms. The van der Waals surface area contributed by atoms with Crippen molar-refractivity contribution in [1.82, 2.24) is 0 Å². The molecule has 17 heavy (non-hydrogen) atoms. The van der Waals surface area contributed by atoms with Gasteiger partial charge in [-0.3, -0.25) is 0 Å². The fraction of sp³-hybridized carbons (Fsp3) is 0.286. The van der Waals surface area contributed by atoms with Gasteiger partial charge in [0.25, 0.3) is 0 Å². The zero-order chi connectivity index (χ0) is 12.5. The van der Waals surface area contributed by atoms with Crippen LogP contribution in [0.15, 0.2) is 60.8 Å². The van der Waals surface area contributed by atoms with E-state index in [-0.39, 0.29) is 6.10 Å². The molecule has 1 unspecified atom stereocenters. The zero-order valence-corrected chi connectivity index (χ0v) is 10.1.